The van der Waals surface area contributed by atoms with Crippen LogP contribution in [0.25, 0.3) is 0 Å². The van der Waals surface area contributed by atoms with Crippen molar-refractivity contribution in [2.24, 2.45) is 5.73 Å². The number of aromatic amines is 1. The van der Waals surface area contributed by atoms with Crippen molar-refractivity contribution in [1.29, 1.82) is 5.26 Å². The lowest BCUT2D eigenvalue weighted by atomic mass is 9.84. The van der Waals surface area contributed by atoms with Gasteiger partial charge in [0.05, 0.1) is 12.5 Å². The summed E-state index contributed by atoms with van der Waals surface area (Å²) in [5.74, 6) is 1.06. The molecule has 0 amide bonds. The first-order chi connectivity index (χ1) is 11.7. The number of aromatic nitrogens is 2. The van der Waals surface area contributed by atoms with Crippen molar-refractivity contribution in [1.82, 2.24) is 10.2 Å². The summed E-state index contributed by atoms with van der Waals surface area (Å²) in [7, 11) is 0. The second-order valence-electron chi connectivity index (χ2n) is 5.76. The largest absolute Gasteiger partial charge is 0.494 e. The van der Waals surface area contributed by atoms with Crippen molar-refractivity contribution in [3.63, 3.8) is 0 Å². The number of hydrogen-bond donors (Lipinski definition) is 2. The van der Waals surface area contributed by atoms with Gasteiger partial charge in [-0.15, -0.1) is 5.10 Å². The van der Waals surface area contributed by atoms with Crippen LogP contribution in [0.2, 0.25) is 0 Å². The number of unbranched alkanes of at least 4 members (excludes halogenated alkanes) is 1. The molecule has 0 unspecified atom stereocenters. The van der Waals surface area contributed by atoms with E-state index in [0.717, 1.165) is 35.4 Å². The van der Waals surface area contributed by atoms with Crippen LogP contribution in [0, 0.1) is 18.3 Å². The molecule has 0 radical (unpaired) electrons. The molecule has 0 fully saturated rings. The maximum absolute atomic E-state index is 9.52. The van der Waals surface area contributed by atoms with Crippen molar-refractivity contribution >= 4 is 0 Å². The number of nitrogens with two attached hydrogens (primary N) is 1. The lowest BCUT2D eigenvalue weighted by Gasteiger charge is -2.23. The van der Waals surface area contributed by atoms with Crippen LogP contribution in [0.3, 0.4) is 0 Å². The fourth-order valence-corrected chi connectivity index (χ4v) is 2.82. The van der Waals surface area contributed by atoms with Crippen LogP contribution in [0.4, 0.5) is 0 Å². The topological polar surface area (TPSA) is 96.9 Å². The summed E-state index contributed by atoms with van der Waals surface area (Å²) in [4.78, 5) is 0. The molecule has 2 aromatic rings. The van der Waals surface area contributed by atoms with Gasteiger partial charge >= 0.3 is 0 Å². The summed E-state index contributed by atoms with van der Waals surface area (Å²) in [5, 5.41) is 16.5. The van der Waals surface area contributed by atoms with Gasteiger partial charge in [-0.05, 0) is 31.0 Å². The van der Waals surface area contributed by atoms with Gasteiger partial charge in [-0.25, -0.2) is 0 Å². The highest BCUT2D eigenvalue weighted by Gasteiger charge is 2.34. The average Bonchev–Trinajstić information content (AvgIpc) is 2.95. The highest BCUT2D eigenvalue weighted by atomic mass is 16.5. The quantitative estimate of drug-likeness (QED) is 0.824. The second kappa shape index (κ2) is 6.67. The van der Waals surface area contributed by atoms with Crippen LogP contribution in [0.15, 0.2) is 35.7 Å². The molecule has 24 heavy (non-hydrogen) atoms. The molecule has 2 heterocycles. The Morgan fingerprint density at radius 2 is 2.12 bits per heavy atom. The van der Waals surface area contributed by atoms with Crippen molar-refractivity contribution in [3.8, 4) is 17.7 Å². The Morgan fingerprint density at radius 1 is 1.38 bits per heavy atom. The summed E-state index contributed by atoms with van der Waals surface area (Å²) in [6.07, 6.45) is 2.12. The number of aryl methyl sites for hydroxylation is 1. The first-order valence-electron chi connectivity index (χ1n) is 8.01. The highest BCUT2D eigenvalue weighted by molar-refractivity contribution is 5.55. The second-order valence-corrected chi connectivity index (χ2v) is 5.76. The van der Waals surface area contributed by atoms with E-state index in [2.05, 4.69) is 23.2 Å². The average molecular weight is 324 g/mol. The number of benzene rings is 1. The zero-order valence-electron chi connectivity index (χ0n) is 13.8. The number of hydrogen-bond acceptors (Lipinski definition) is 5. The van der Waals surface area contributed by atoms with Crippen LogP contribution in [-0.4, -0.2) is 16.8 Å². The van der Waals surface area contributed by atoms with E-state index in [1.807, 2.05) is 31.2 Å². The molecule has 3 N–H and O–H groups in total. The van der Waals surface area contributed by atoms with E-state index in [9.17, 15) is 5.26 Å². The smallest absolute Gasteiger partial charge is 0.244 e. The number of nitrogens with zero attached hydrogens (tertiary/aromatic N) is 2. The summed E-state index contributed by atoms with van der Waals surface area (Å²) in [6, 6.07) is 9.92. The fraction of sp³-hybridized carbons (Fsp3) is 0.333. The third kappa shape index (κ3) is 2.81. The van der Waals surface area contributed by atoms with E-state index >= 15 is 0 Å². The van der Waals surface area contributed by atoms with E-state index in [-0.39, 0.29) is 11.8 Å². The first kappa shape index (κ1) is 15.9. The van der Waals surface area contributed by atoms with E-state index < -0.39 is 0 Å². The van der Waals surface area contributed by atoms with Crippen LogP contribution >= 0.6 is 0 Å². The minimum atomic E-state index is -0.290. The van der Waals surface area contributed by atoms with Crippen LogP contribution in [0.5, 0.6) is 11.6 Å². The van der Waals surface area contributed by atoms with Gasteiger partial charge in [-0.3, -0.25) is 5.10 Å². The van der Waals surface area contributed by atoms with Gasteiger partial charge in [0.15, 0.2) is 0 Å². The molecule has 124 valence electrons. The number of ether oxygens (including phenoxy) is 2. The maximum atomic E-state index is 9.52. The van der Waals surface area contributed by atoms with Gasteiger partial charge < -0.3 is 15.2 Å². The van der Waals surface area contributed by atoms with Crippen LogP contribution in [-0.2, 0) is 0 Å². The third-order valence-corrected chi connectivity index (χ3v) is 4.11. The molecule has 0 aliphatic carbocycles. The Hall–Kier alpha value is -2.94. The van der Waals surface area contributed by atoms with Crippen LogP contribution in [0.1, 0.15) is 42.5 Å². The molecule has 0 saturated carbocycles. The number of nitriles is 1. The van der Waals surface area contributed by atoms with Gasteiger partial charge in [0.1, 0.15) is 17.4 Å². The van der Waals surface area contributed by atoms with Crippen molar-refractivity contribution < 1.29 is 9.47 Å². The monoisotopic (exact) mass is 324 g/mol. The van der Waals surface area contributed by atoms with Crippen molar-refractivity contribution in [2.45, 2.75) is 32.6 Å². The van der Waals surface area contributed by atoms with Gasteiger partial charge in [0.2, 0.25) is 11.8 Å². The minimum Gasteiger partial charge on any atom is -0.494 e. The number of rotatable bonds is 5. The third-order valence-electron chi connectivity index (χ3n) is 4.11. The predicted octanol–water partition coefficient (Wildman–Crippen LogP) is 3.12. The van der Waals surface area contributed by atoms with Gasteiger partial charge in [0, 0.05) is 11.3 Å². The molecule has 1 atom stereocenters. The molecule has 1 aliphatic heterocycles. The zero-order valence-corrected chi connectivity index (χ0v) is 13.8. The van der Waals surface area contributed by atoms with E-state index in [0.29, 0.717) is 18.1 Å². The molecule has 1 aliphatic rings. The van der Waals surface area contributed by atoms with Crippen LogP contribution < -0.4 is 15.2 Å². The van der Waals surface area contributed by atoms with Crippen molar-refractivity contribution in [3.05, 3.63) is 52.5 Å². The molecule has 0 saturated heterocycles. The SMILES string of the molecule is CCCCOc1ccc([C@@H]2C(C#N)=C(N)Oc3n[nH]c(C)c32)cc1. The molecule has 1 aromatic heterocycles. The number of nitrogens with one attached hydrogen (secondary N) is 1. The highest BCUT2D eigenvalue weighted by Crippen LogP contribution is 2.42. The Labute approximate surface area is 140 Å². The molecular weight excluding hydrogens is 304 g/mol. The normalized spacial score (nSPS) is 16.3. The standard InChI is InChI=1S/C18H20N4O2/c1-3-4-9-23-13-7-5-12(6-8-13)16-14(10-19)17(20)24-18-15(16)11(2)21-22-18/h5-8,16H,3-4,9,20H2,1-2H3,(H,21,22)/t16-/m1/s1. The molecule has 0 spiro atoms. The van der Waals surface area contributed by atoms with Gasteiger partial charge in [0.25, 0.3) is 0 Å². The summed E-state index contributed by atoms with van der Waals surface area (Å²) < 4.78 is 11.2. The molecule has 0 bridgehead atoms. The number of fused-ring (bicyclic) bond motifs is 1. The lowest BCUT2D eigenvalue weighted by Crippen LogP contribution is -2.21. The van der Waals surface area contributed by atoms with E-state index in [1.54, 1.807) is 0 Å². The number of H-pyrrole nitrogens is 1. The molecule has 3 rings (SSSR count). The lowest BCUT2D eigenvalue weighted by molar-refractivity contribution is 0.309. The maximum Gasteiger partial charge on any atom is 0.244 e. The zero-order chi connectivity index (χ0) is 17.1. The molecule has 6 heteroatoms. The molecule has 6 nitrogen and oxygen atoms in total. The fourth-order valence-electron chi connectivity index (χ4n) is 2.82. The summed E-state index contributed by atoms with van der Waals surface area (Å²) in [6.45, 7) is 4.73. The Kier molecular flexibility index (Phi) is 4.43. The number of allylic oxidation sites excluding steroid dienone is 1. The Balaban J connectivity index is 1.95. The first-order valence-corrected chi connectivity index (χ1v) is 8.01. The molecule has 1 aromatic carbocycles. The minimum absolute atomic E-state index is 0.102. The van der Waals surface area contributed by atoms with E-state index in [4.69, 9.17) is 15.2 Å². The Morgan fingerprint density at radius 3 is 2.79 bits per heavy atom. The van der Waals surface area contributed by atoms with Crippen molar-refractivity contribution in [2.75, 3.05) is 6.61 Å². The summed E-state index contributed by atoms with van der Waals surface area (Å²) in [5.41, 5.74) is 8.96. The van der Waals surface area contributed by atoms with Gasteiger partial charge in [-0.1, -0.05) is 25.5 Å². The Bertz CT molecular complexity index is 799. The van der Waals surface area contributed by atoms with Gasteiger partial charge in [-0.2, -0.15) is 5.26 Å². The molecular formula is C18H20N4O2. The van der Waals surface area contributed by atoms with E-state index in [1.165, 1.54) is 0 Å². The summed E-state index contributed by atoms with van der Waals surface area (Å²) >= 11 is 0. The predicted molar refractivity (Wildman–Crippen MR) is 89.5 cm³/mol.